The van der Waals surface area contributed by atoms with Gasteiger partial charge in [0, 0.05) is 17.6 Å². The number of Topliss-reactive ketones (excluding diaryl/α,β-unsaturated/α-hetero) is 1. The Morgan fingerprint density at radius 3 is 2.70 bits per heavy atom. The average molecular weight is 332 g/mol. The number of esters is 1. The van der Waals surface area contributed by atoms with Gasteiger partial charge >= 0.3 is 5.97 Å². The Bertz CT molecular complexity index is 652. The van der Waals surface area contributed by atoms with Gasteiger partial charge in [0.15, 0.2) is 6.10 Å². The zero-order valence-corrected chi connectivity index (χ0v) is 14.0. The van der Waals surface area contributed by atoms with E-state index in [-0.39, 0.29) is 34.2 Å². The van der Waals surface area contributed by atoms with E-state index in [0.29, 0.717) is 6.42 Å². The van der Waals surface area contributed by atoms with Gasteiger partial charge in [0.2, 0.25) is 5.78 Å². The van der Waals surface area contributed by atoms with Gasteiger partial charge in [0.25, 0.3) is 0 Å². The van der Waals surface area contributed by atoms with Gasteiger partial charge in [-0.3, -0.25) is 4.79 Å². The molecule has 122 valence electrons. The highest BCUT2D eigenvalue weighted by Crippen LogP contribution is 2.52. The van der Waals surface area contributed by atoms with Crippen LogP contribution in [0.2, 0.25) is 0 Å². The van der Waals surface area contributed by atoms with Crippen LogP contribution in [0, 0.1) is 5.92 Å². The van der Waals surface area contributed by atoms with Crippen LogP contribution in [0.5, 0.6) is 0 Å². The highest BCUT2D eigenvalue weighted by Gasteiger charge is 2.48. The Hall–Kier alpha value is -1.75. The van der Waals surface area contributed by atoms with Crippen LogP contribution in [0.4, 0.5) is 0 Å². The number of allylic oxidation sites excluding steroid dienone is 1. The first-order valence-corrected chi connectivity index (χ1v) is 9.07. The molecule has 0 spiro atoms. The third kappa shape index (κ3) is 3.15. The molecule has 2 unspecified atom stereocenters. The molecule has 1 aromatic carbocycles. The lowest BCUT2D eigenvalue weighted by Crippen LogP contribution is -2.20. The van der Waals surface area contributed by atoms with E-state index in [1.165, 1.54) is 0 Å². The Balaban J connectivity index is 1.76. The summed E-state index contributed by atoms with van der Waals surface area (Å²) in [5.74, 6) is -1.11. The summed E-state index contributed by atoms with van der Waals surface area (Å²) in [6.45, 7) is 1.99. The zero-order chi connectivity index (χ0) is 16.6. The minimum Gasteiger partial charge on any atom is -0.511 e. The summed E-state index contributed by atoms with van der Waals surface area (Å²) in [6.07, 6.45) is 2.44. The molecule has 1 N–H and O–H groups in total. The van der Waals surface area contributed by atoms with Crippen molar-refractivity contribution in [2.24, 2.45) is 5.92 Å². The Kier molecular flexibility index (Phi) is 4.48. The second-order valence-electron chi connectivity index (χ2n) is 6.16. The van der Waals surface area contributed by atoms with E-state index in [4.69, 9.17) is 4.74 Å². The van der Waals surface area contributed by atoms with Crippen molar-refractivity contribution in [3.05, 3.63) is 47.2 Å². The van der Waals surface area contributed by atoms with Gasteiger partial charge in [0.05, 0.1) is 0 Å². The predicted octanol–water partition coefficient (Wildman–Crippen LogP) is 3.24. The standard InChI is InChI=1S/C18H20O4S/c1-10(23-2)8-14-17(20)15(18(21)22-14)16(19)13-9-12(13)11-6-4-3-5-7-11/h3-7,10,12-14,19H,8-9H2,1-2H3/b16-15-/t10?,12-,13+,14?/m0/s1. The van der Waals surface area contributed by atoms with Gasteiger partial charge in [0.1, 0.15) is 11.3 Å². The number of rotatable bonds is 5. The van der Waals surface area contributed by atoms with E-state index >= 15 is 0 Å². The summed E-state index contributed by atoms with van der Waals surface area (Å²) in [7, 11) is 0. The van der Waals surface area contributed by atoms with Gasteiger partial charge in [-0.15, -0.1) is 0 Å². The maximum atomic E-state index is 12.4. The summed E-state index contributed by atoms with van der Waals surface area (Å²) < 4.78 is 5.18. The lowest BCUT2D eigenvalue weighted by atomic mass is 10.0. The molecule has 23 heavy (non-hydrogen) atoms. The van der Waals surface area contributed by atoms with Crippen molar-refractivity contribution in [3.63, 3.8) is 0 Å². The van der Waals surface area contributed by atoms with Gasteiger partial charge in [-0.05, 0) is 24.2 Å². The van der Waals surface area contributed by atoms with E-state index in [1.54, 1.807) is 11.8 Å². The first-order chi connectivity index (χ1) is 11.0. The molecule has 1 saturated carbocycles. The number of ether oxygens (including phenoxy) is 1. The first kappa shape index (κ1) is 16.1. The monoisotopic (exact) mass is 332 g/mol. The van der Waals surface area contributed by atoms with Crippen LogP contribution in [0.3, 0.4) is 0 Å². The molecule has 2 fully saturated rings. The van der Waals surface area contributed by atoms with Crippen molar-refractivity contribution in [2.75, 3.05) is 6.26 Å². The second-order valence-corrected chi connectivity index (χ2v) is 7.44. The molecule has 1 aliphatic heterocycles. The van der Waals surface area contributed by atoms with Crippen molar-refractivity contribution < 1.29 is 19.4 Å². The average Bonchev–Trinajstić information content (AvgIpc) is 3.30. The molecule has 5 heteroatoms. The first-order valence-electron chi connectivity index (χ1n) is 7.79. The number of thioether (sulfide) groups is 1. The van der Waals surface area contributed by atoms with E-state index < -0.39 is 12.1 Å². The lowest BCUT2D eigenvalue weighted by molar-refractivity contribution is -0.141. The molecule has 2 aliphatic rings. The number of hydrogen-bond acceptors (Lipinski definition) is 5. The highest BCUT2D eigenvalue weighted by atomic mass is 32.2. The van der Waals surface area contributed by atoms with Gasteiger partial charge in [-0.25, -0.2) is 4.79 Å². The van der Waals surface area contributed by atoms with Crippen LogP contribution in [0.25, 0.3) is 0 Å². The molecule has 1 saturated heterocycles. The molecule has 0 amide bonds. The smallest absolute Gasteiger partial charge is 0.346 e. The quantitative estimate of drug-likeness (QED) is 0.388. The van der Waals surface area contributed by atoms with Gasteiger partial charge in [-0.2, -0.15) is 11.8 Å². The molecule has 1 aromatic rings. The summed E-state index contributed by atoms with van der Waals surface area (Å²) in [4.78, 5) is 24.4. The van der Waals surface area contributed by atoms with Crippen molar-refractivity contribution in [2.45, 2.75) is 37.0 Å². The molecule has 3 rings (SSSR count). The van der Waals surface area contributed by atoms with E-state index in [9.17, 15) is 14.7 Å². The van der Waals surface area contributed by atoms with Crippen LogP contribution in [0.15, 0.2) is 41.7 Å². The molecule has 0 bridgehead atoms. The molecule has 4 atom stereocenters. The van der Waals surface area contributed by atoms with Gasteiger partial charge < -0.3 is 9.84 Å². The minimum absolute atomic E-state index is 0.0897. The lowest BCUT2D eigenvalue weighted by Gasteiger charge is -2.11. The second kappa shape index (κ2) is 6.40. The highest BCUT2D eigenvalue weighted by molar-refractivity contribution is 7.99. The third-order valence-corrected chi connectivity index (χ3v) is 5.56. The van der Waals surface area contributed by atoms with Crippen LogP contribution < -0.4 is 0 Å². The number of carbonyl (C=O) groups is 2. The van der Waals surface area contributed by atoms with Crippen molar-refractivity contribution >= 4 is 23.5 Å². The number of cyclic esters (lactones) is 1. The largest absolute Gasteiger partial charge is 0.511 e. The van der Waals surface area contributed by atoms with Crippen molar-refractivity contribution in [3.8, 4) is 0 Å². The number of aliphatic hydroxyl groups is 1. The molecule has 0 radical (unpaired) electrons. The molecule has 4 nitrogen and oxygen atoms in total. The van der Waals surface area contributed by atoms with Crippen LogP contribution in [-0.4, -0.2) is 34.5 Å². The van der Waals surface area contributed by atoms with Crippen molar-refractivity contribution in [1.82, 2.24) is 0 Å². The number of benzene rings is 1. The molecule has 0 aromatic heterocycles. The molecular weight excluding hydrogens is 312 g/mol. The Morgan fingerprint density at radius 1 is 1.35 bits per heavy atom. The van der Waals surface area contributed by atoms with E-state index in [0.717, 1.165) is 12.0 Å². The maximum Gasteiger partial charge on any atom is 0.346 e. The molecular formula is C18H20O4S. The third-order valence-electron chi connectivity index (χ3n) is 4.57. The maximum absolute atomic E-state index is 12.4. The molecule has 1 heterocycles. The van der Waals surface area contributed by atoms with Crippen LogP contribution >= 0.6 is 11.8 Å². The van der Waals surface area contributed by atoms with E-state index in [2.05, 4.69) is 0 Å². The van der Waals surface area contributed by atoms with Crippen LogP contribution in [-0.2, 0) is 14.3 Å². The number of ketones is 1. The predicted molar refractivity (Wildman–Crippen MR) is 89.4 cm³/mol. The number of aliphatic hydroxyl groups excluding tert-OH is 1. The number of hydrogen-bond donors (Lipinski definition) is 1. The summed E-state index contributed by atoms with van der Waals surface area (Å²) in [5.41, 5.74) is 0.989. The Morgan fingerprint density at radius 2 is 2.04 bits per heavy atom. The van der Waals surface area contributed by atoms with E-state index in [1.807, 2.05) is 43.5 Å². The number of carbonyl (C=O) groups excluding carboxylic acids is 2. The summed E-state index contributed by atoms with van der Waals surface area (Å²) >= 11 is 1.62. The van der Waals surface area contributed by atoms with Crippen molar-refractivity contribution in [1.29, 1.82) is 0 Å². The fraction of sp³-hybridized carbons (Fsp3) is 0.444. The van der Waals surface area contributed by atoms with Gasteiger partial charge in [-0.1, -0.05) is 37.3 Å². The zero-order valence-electron chi connectivity index (χ0n) is 13.2. The topological polar surface area (TPSA) is 63.6 Å². The van der Waals surface area contributed by atoms with Crippen LogP contribution in [0.1, 0.15) is 31.2 Å². The fourth-order valence-corrected chi connectivity index (χ4v) is 3.41. The fourth-order valence-electron chi connectivity index (χ4n) is 3.04. The normalized spacial score (nSPS) is 30.1. The Labute approximate surface area is 139 Å². The minimum atomic E-state index is -0.754. The summed E-state index contributed by atoms with van der Waals surface area (Å²) in [6, 6.07) is 9.84. The summed E-state index contributed by atoms with van der Waals surface area (Å²) in [5, 5.41) is 10.6. The SMILES string of the molecule is CSC(C)CC1OC(=O)/C(=C(\O)[C@@H]2C[C@H]2c2ccccc2)C1=O. The molecule has 1 aliphatic carbocycles.